The first kappa shape index (κ1) is 18.0. The molecule has 20 heavy (non-hydrogen) atoms. The van der Waals surface area contributed by atoms with E-state index in [2.05, 4.69) is 26.1 Å². The fourth-order valence-corrected chi connectivity index (χ4v) is 3.60. The van der Waals surface area contributed by atoms with Gasteiger partial charge in [-0.1, -0.05) is 65.7 Å². The van der Waals surface area contributed by atoms with Crippen molar-refractivity contribution in [2.24, 2.45) is 5.92 Å². The van der Waals surface area contributed by atoms with Crippen molar-refractivity contribution in [1.82, 2.24) is 5.32 Å². The van der Waals surface area contributed by atoms with Crippen LogP contribution in [0.3, 0.4) is 0 Å². The average molecular weight is 284 g/mol. The minimum absolute atomic E-state index is 0.503. The highest BCUT2D eigenvalue weighted by Crippen LogP contribution is 2.29. The first-order chi connectivity index (χ1) is 9.83. The molecule has 0 aliphatic carbocycles. The third-order valence-corrected chi connectivity index (χ3v) is 4.76. The first-order valence-corrected chi connectivity index (χ1v) is 9.18. The molecular formula is C18H37NO. The molecule has 0 bridgehead atoms. The van der Waals surface area contributed by atoms with Gasteiger partial charge in [-0.25, -0.2) is 0 Å². The van der Waals surface area contributed by atoms with Crippen LogP contribution >= 0.6 is 0 Å². The number of hydrogen-bond acceptors (Lipinski definition) is 2. The van der Waals surface area contributed by atoms with Crippen LogP contribution in [-0.4, -0.2) is 25.3 Å². The van der Waals surface area contributed by atoms with Crippen molar-refractivity contribution < 1.29 is 4.74 Å². The highest BCUT2D eigenvalue weighted by atomic mass is 16.5. The predicted molar refractivity (Wildman–Crippen MR) is 88.2 cm³/mol. The Hall–Kier alpha value is -0.0800. The van der Waals surface area contributed by atoms with Gasteiger partial charge in [0.15, 0.2) is 0 Å². The van der Waals surface area contributed by atoms with E-state index < -0.39 is 0 Å². The second kappa shape index (κ2) is 11.6. The molecule has 3 unspecified atom stereocenters. The van der Waals surface area contributed by atoms with E-state index in [0.717, 1.165) is 19.1 Å². The summed E-state index contributed by atoms with van der Waals surface area (Å²) in [5.41, 5.74) is 0. The summed E-state index contributed by atoms with van der Waals surface area (Å²) >= 11 is 0. The van der Waals surface area contributed by atoms with E-state index in [-0.39, 0.29) is 0 Å². The normalized spacial score (nSPS) is 24.1. The maximum atomic E-state index is 5.87. The first-order valence-electron chi connectivity index (χ1n) is 9.18. The zero-order chi connectivity index (χ0) is 14.6. The number of hydrogen-bond donors (Lipinski definition) is 1. The Morgan fingerprint density at radius 1 is 1.00 bits per heavy atom. The van der Waals surface area contributed by atoms with Crippen LogP contribution in [0.1, 0.15) is 85.0 Å². The molecule has 3 atom stereocenters. The molecule has 1 heterocycles. The Bertz CT molecular complexity index is 219. The molecule has 0 aromatic carbocycles. The zero-order valence-electron chi connectivity index (χ0n) is 14.1. The monoisotopic (exact) mass is 283 g/mol. The van der Waals surface area contributed by atoms with Crippen LogP contribution in [-0.2, 0) is 4.74 Å². The summed E-state index contributed by atoms with van der Waals surface area (Å²) in [5.74, 6) is 0.750. The van der Waals surface area contributed by atoms with Crippen molar-refractivity contribution in [2.75, 3.05) is 13.2 Å². The van der Waals surface area contributed by atoms with Crippen molar-refractivity contribution in [2.45, 2.75) is 97.1 Å². The van der Waals surface area contributed by atoms with Crippen LogP contribution in [0.25, 0.3) is 0 Å². The summed E-state index contributed by atoms with van der Waals surface area (Å²) in [7, 11) is 0. The van der Waals surface area contributed by atoms with E-state index in [0.29, 0.717) is 12.1 Å². The minimum atomic E-state index is 0.503. The van der Waals surface area contributed by atoms with Crippen molar-refractivity contribution >= 4 is 0 Å². The van der Waals surface area contributed by atoms with Gasteiger partial charge in [0.05, 0.1) is 6.10 Å². The molecule has 0 radical (unpaired) electrons. The van der Waals surface area contributed by atoms with E-state index in [4.69, 9.17) is 4.74 Å². The molecular weight excluding hydrogens is 246 g/mol. The van der Waals surface area contributed by atoms with Crippen molar-refractivity contribution in [3.63, 3.8) is 0 Å². The summed E-state index contributed by atoms with van der Waals surface area (Å²) in [6.45, 7) is 8.85. The van der Waals surface area contributed by atoms with Crippen LogP contribution in [0.4, 0.5) is 0 Å². The van der Waals surface area contributed by atoms with Crippen LogP contribution in [0.5, 0.6) is 0 Å². The second-order valence-electron chi connectivity index (χ2n) is 6.34. The van der Waals surface area contributed by atoms with E-state index in [1.165, 1.54) is 64.2 Å². The largest absolute Gasteiger partial charge is 0.378 e. The lowest BCUT2D eigenvalue weighted by atomic mass is 9.87. The van der Waals surface area contributed by atoms with Crippen LogP contribution in [0, 0.1) is 5.92 Å². The molecule has 1 aliphatic heterocycles. The molecule has 1 aliphatic rings. The highest BCUT2D eigenvalue weighted by molar-refractivity contribution is 4.85. The van der Waals surface area contributed by atoms with Gasteiger partial charge in [0, 0.05) is 18.6 Å². The Morgan fingerprint density at radius 2 is 1.70 bits per heavy atom. The maximum Gasteiger partial charge on any atom is 0.0616 e. The fourth-order valence-electron chi connectivity index (χ4n) is 3.60. The van der Waals surface area contributed by atoms with Gasteiger partial charge in [-0.2, -0.15) is 0 Å². The quantitative estimate of drug-likeness (QED) is 0.513. The molecule has 2 nitrogen and oxygen atoms in total. The van der Waals surface area contributed by atoms with Gasteiger partial charge in [0.2, 0.25) is 0 Å². The highest BCUT2D eigenvalue weighted by Gasteiger charge is 2.32. The van der Waals surface area contributed by atoms with Gasteiger partial charge in [-0.05, 0) is 25.8 Å². The molecule has 0 amide bonds. The third-order valence-electron chi connectivity index (χ3n) is 4.76. The topological polar surface area (TPSA) is 21.3 Å². The van der Waals surface area contributed by atoms with Gasteiger partial charge < -0.3 is 10.1 Å². The molecule has 120 valence electrons. The predicted octanol–water partition coefficient (Wildman–Crippen LogP) is 4.92. The van der Waals surface area contributed by atoms with Gasteiger partial charge >= 0.3 is 0 Å². The smallest absolute Gasteiger partial charge is 0.0616 e. The molecule has 1 N–H and O–H groups in total. The summed E-state index contributed by atoms with van der Waals surface area (Å²) in [5, 5.41) is 3.72. The lowest BCUT2D eigenvalue weighted by Crippen LogP contribution is -2.39. The second-order valence-corrected chi connectivity index (χ2v) is 6.34. The molecule has 1 fully saturated rings. The molecule has 0 saturated carbocycles. The number of rotatable bonds is 12. The summed E-state index contributed by atoms with van der Waals surface area (Å²) in [4.78, 5) is 0. The van der Waals surface area contributed by atoms with Crippen molar-refractivity contribution in [3.05, 3.63) is 0 Å². The number of nitrogens with one attached hydrogen (secondary N) is 1. The van der Waals surface area contributed by atoms with Crippen molar-refractivity contribution in [3.8, 4) is 0 Å². The molecule has 1 rings (SSSR count). The van der Waals surface area contributed by atoms with Crippen molar-refractivity contribution in [1.29, 1.82) is 0 Å². The van der Waals surface area contributed by atoms with Crippen LogP contribution in [0.2, 0.25) is 0 Å². The standard InChI is InChI=1S/C18H37NO/c1-4-7-8-9-10-11-12-13-17(19-6-3)16-14-15-20-18(16)5-2/h16-19H,4-15H2,1-3H3. The van der Waals surface area contributed by atoms with Gasteiger partial charge in [0.1, 0.15) is 0 Å². The summed E-state index contributed by atoms with van der Waals surface area (Å²) < 4.78 is 5.87. The third kappa shape index (κ3) is 6.58. The Kier molecular flexibility index (Phi) is 10.4. The Labute approximate surface area is 127 Å². The van der Waals surface area contributed by atoms with Crippen LogP contribution < -0.4 is 5.32 Å². The summed E-state index contributed by atoms with van der Waals surface area (Å²) in [6.07, 6.45) is 14.1. The van der Waals surface area contributed by atoms with Gasteiger partial charge in [-0.3, -0.25) is 0 Å². The summed E-state index contributed by atoms with van der Waals surface area (Å²) in [6, 6.07) is 0.683. The minimum Gasteiger partial charge on any atom is -0.378 e. The van der Waals surface area contributed by atoms with E-state index in [9.17, 15) is 0 Å². The van der Waals surface area contributed by atoms with E-state index in [1.54, 1.807) is 0 Å². The maximum absolute atomic E-state index is 5.87. The molecule has 0 aromatic heterocycles. The van der Waals surface area contributed by atoms with E-state index >= 15 is 0 Å². The number of ether oxygens (including phenoxy) is 1. The zero-order valence-corrected chi connectivity index (χ0v) is 14.1. The average Bonchev–Trinajstić information content (AvgIpc) is 2.93. The SMILES string of the molecule is CCCCCCCCCC(NCC)C1CCOC1CC. The van der Waals surface area contributed by atoms with Gasteiger partial charge in [-0.15, -0.1) is 0 Å². The lowest BCUT2D eigenvalue weighted by Gasteiger charge is -2.28. The Balaban J connectivity index is 2.18. The van der Waals surface area contributed by atoms with E-state index in [1.807, 2.05) is 0 Å². The molecule has 0 spiro atoms. The Morgan fingerprint density at radius 3 is 2.35 bits per heavy atom. The molecule has 2 heteroatoms. The number of unbranched alkanes of at least 4 members (excludes halogenated alkanes) is 6. The lowest BCUT2D eigenvalue weighted by molar-refractivity contribution is 0.0763. The van der Waals surface area contributed by atoms with Gasteiger partial charge in [0.25, 0.3) is 0 Å². The van der Waals surface area contributed by atoms with Crippen LogP contribution in [0.15, 0.2) is 0 Å². The molecule has 1 saturated heterocycles. The molecule has 0 aromatic rings. The fraction of sp³-hybridized carbons (Fsp3) is 1.00.